The van der Waals surface area contributed by atoms with Crippen LogP contribution in [0.15, 0.2) is 12.1 Å². The molecule has 1 rings (SSSR count). The van der Waals surface area contributed by atoms with Gasteiger partial charge in [0.25, 0.3) is 0 Å². The van der Waals surface area contributed by atoms with E-state index in [4.69, 9.17) is 17.3 Å². The largest absolute Gasteiger partial charge is 0.392 e. The molecule has 1 aromatic heterocycles. The summed E-state index contributed by atoms with van der Waals surface area (Å²) in [5.41, 5.74) is 5.22. The summed E-state index contributed by atoms with van der Waals surface area (Å²) < 4.78 is 25.2. The number of sulfonamides is 1. The first-order chi connectivity index (χ1) is 7.31. The fourth-order valence-electron chi connectivity index (χ4n) is 1.04. The molecule has 0 aliphatic carbocycles. The molecule has 0 saturated heterocycles. The molecular formula is C8H11ClN2O2S3. The van der Waals surface area contributed by atoms with E-state index >= 15 is 0 Å². The van der Waals surface area contributed by atoms with Crippen LogP contribution in [0.5, 0.6) is 0 Å². The van der Waals surface area contributed by atoms with Gasteiger partial charge in [-0.05, 0) is 12.1 Å². The van der Waals surface area contributed by atoms with Gasteiger partial charge >= 0.3 is 0 Å². The van der Waals surface area contributed by atoms with Crippen molar-refractivity contribution in [3.63, 3.8) is 0 Å². The smallest absolute Gasteiger partial charge is 0.220 e. The average molecular weight is 299 g/mol. The zero-order valence-electron chi connectivity index (χ0n) is 8.51. The fraction of sp³-hybridized carbons (Fsp3) is 0.375. The highest BCUT2D eigenvalue weighted by molar-refractivity contribution is 7.92. The van der Waals surface area contributed by atoms with Crippen LogP contribution < -0.4 is 5.73 Å². The highest BCUT2D eigenvalue weighted by Gasteiger charge is 2.19. The van der Waals surface area contributed by atoms with Crippen LogP contribution >= 0.6 is 35.2 Å². The van der Waals surface area contributed by atoms with Crippen molar-refractivity contribution in [1.29, 1.82) is 0 Å². The zero-order chi connectivity index (χ0) is 12.3. The Kier molecular flexibility index (Phi) is 4.69. The van der Waals surface area contributed by atoms with Crippen molar-refractivity contribution in [1.82, 2.24) is 4.31 Å². The Bertz CT molecular complexity index is 483. The summed E-state index contributed by atoms with van der Waals surface area (Å²) in [5, 5.41) is 0. The predicted octanol–water partition coefficient (Wildman–Crippen LogP) is 1.45. The molecule has 0 unspecified atom stereocenters. The summed E-state index contributed by atoms with van der Waals surface area (Å²) in [5.74, 6) is -0.308. The number of nitrogens with two attached hydrogens (primary N) is 1. The van der Waals surface area contributed by atoms with Crippen LogP contribution in [0, 0.1) is 0 Å². The van der Waals surface area contributed by atoms with Gasteiger partial charge in [0.05, 0.1) is 9.32 Å². The Hall–Kier alpha value is -0.210. The van der Waals surface area contributed by atoms with Gasteiger partial charge in [0.15, 0.2) is 0 Å². The van der Waals surface area contributed by atoms with Crippen molar-refractivity contribution in [2.75, 3.05) is 12.8 Å². The van der Waals surface area contributed by atoms with Crippen molar-refractivity contribution in [3.05, 3.63) is 21.3 Å². The standard InChI is InChI=1S/C8H11ClN2O2S3/c1-11(16(12,13)5-8(10)14)4-6-2-3-7(9)15-6/h2-3H,4-5H2,1H3,(H2,10,14). The molecule has 90 valence electrons. The van der Waals surface area contributed by atoms with Gasteiger partial charge in [0.2, 0.25) is 10.0 Å². The minimum absolute atomic E-state index is 0.0314. The lowest BCUT2D eigenvalue weighted by Crippen LogP contribution is -2.33. The van der Waals surface area contributed by atoms with E-state index in [9.17, 15) is 8.42 Å². The molecule has 8 heteroatoms. The van der Waals surface area contributed by atoms with Crippen molar-refractivity contribution < 1.29 is 8.42 Å². The molecule has 0 aliphatic heterocycles. The number of thiophene rings is 1. The summed E-state index contributed by atoms with van der Waals surface area (Å²) in [6, 6.07) is 3.52. The summed E-state index contributed by atoms with van der Waals surface area (Å²) in [4.78, 5) is 0.843. The monoisotopic (exact) mass is 298 g/mol. The van der Waals surface area contributed by atoms with Crippen molar-refractivity contribution in [3.8, 4) is 0 Å². The third-order valence-electron chi connectivity index (χ3n) is 1.81. The minimum atomic E-state index is -3.42. The molecule has 1 heterocycles. The van der Waals surface area contributed by atoms with E-state index < -0.39 is 10.0 Å². The van der Waals surface area contributed by atoms with E-state index in [1.165, 1.54) is 22.7 Å². The van der Waals surface area contributed by atoms with Gasteiger partial charge in [-0.25, -0.2) is 8.42 Å². The molecule has 0 bridgehead atoms. The van der Waals surface area contributed by atoms with Crippen molar-refractivity contribution >= 4 is 50.2 Å². The maximum Gasteiger partial charge on any atom is 0.220 e. The first-order valence-electron chi connectivity index (χ1n) is 4.28. The summed E-state index contributed by atoms with van der Waals surface area (Å²) in [6.45, 7) is 0.280. The quantitative estimate of drug-likeness (QED) is 0.836. The topological polar surface area (TPSA) is 63.4 Å². The van der Waals surface area contributed by atoms with Crippen LogP contribution in [-0.2, 0) is 16.6 Å². The Morgan fingerprint density at radius 2 is 2.25 bits per heavy atom. The highest BCUT2D eigenvalue weighted by atomic mass is 35.5. The average Bonchev–Trinajstić information content (AvgIpc) is 2.48. The Morgan fingerprint density at radius 3 is 2.69 bits per heavy atom. The van der Waals surface area contributed by atoms with Crippen molar-refractivity contribution in [2.24, 2.45) is 5.73 Å². The lowest BCUT2D eigenvalue weighted by Gasteiger charge is -2.15. The van der Waals surface area contributed by atoms with E-state index in [2.05, 4.69) is 12.2 Å². The molecule has 1 aromatic rings. The van der Waals surface area contributed by atoms with Gasteiger partial charge in [-0.1, -0.05) is 23.8 Å². The normalized spacial score (nSPS) is 11.9. The maximum absolute atomic E-state index is 11.7. The number of hydrogen-bond acceptors (Lipinski definition) is 4. The van der Waals surface area contributed by atoms with E-state index in [-0.39, 0.29) is 17.3 Å². The minimum Gasteiger partial charge on any atom is -0.392 e. The first kappa shape index (κ1) is 13.9. The molecule has 0 fully saturated rings. The number of hydrogen-bond donors (Lipinski definition) is 1. The fourth-order valence-corrected chi connectivity index (χ4v) is 3.63. The van der Waals surface area contributed by atoms with Gasteiger partial charge in [-0.2, -0.15) is 4.31 Å². The lowest BCUT2D eigenvalue weighted by atomic mass is 10.5. The summed E-state index contributed by atoms with van der Waals surface area (Å²) in [6.07, 6.45) is 0. The second kappa shape index (κ2) is 5.42. The zero-order valence-corrected chi connectivity index (χ0v) is 11.7. The first-order valence-corrected chi connectivity index (χ1v) is 7.49. The van der Waals surface area contributed by atoms with E-state index in [1.54, 1.807) is 12.1 Å². The van der Waals surface area contributed by atoms with Crippen LogP contribution in [0.3, 0.4) is 0 Å². The SMILES string of the molecule is CN(Cc1ccc(Cl)s1)S(=O)(=O)CC(N)=S. The van der Waals surface area contributed by atoms with E-state index in [0.717, 1.165) is 4.88 Å². The van der Waals surface area contributed by atoms with Gasteiger partial charge in [0, 0.05) is 18.5 Å². The molecule has 0 aromatic carbocycles. The Labute approximate surface area is 109 Å². The van der Waals surface area contributed by atoms with Crippen molar-refractivity contribution in [2.45, 2.75) is 6.54 Å². The molecule has 4 nitrogen and oxygen atoms in total. The molecule has 16 heavy (non-hydrogen) atoms. The Balaban J connectivity index is 2.72. The lowest BCUT2D eigenvalue weighted by molar-refractivity contribution is 0.473. The molecule has 0 radical (unpaired) electrons. The van der Waals surface area contributed by atoms with Gasteiger partial charge < -0.3 is 5.73 Å². The molecule has 0 amide bonds. The maximum atomic E-state index is 11.7. The number of rotatable bonds is 5. The number of thiocarbonyl (C=S) groups is 1. The highest BCUT2D eigenvalue weighted by Crippen LogP contribution is 2.23. The molecule has 2 N–H and O–H groups in total. The second-order valence-corrected chi connectivity index (χ2v) is 7.58. The molecule has 0 atom stereocenters. The van der Waals surface area contributed by atoms with E-state index in [0.29, 0.717) is 4.34 Å². The van der Waals surface area contributed by atoms with Crippen LogP contribution in [0.4, 0.5) is 0 Å². The van der Waals surface area contributed by atoms with Crippen LogP contribution in [0.25, 0.3) is 0 Å². The van der Waals surface area contributed by atoms with Crippen LogP contribution in [0.2, 0.25) is 4.34 Å². The molecule has 0 spiro atoms. The molecular weight excluding hydrogens is 288 g/mol. The summed E-state index contributed by atoms with van der Waals surface area (Å²) >= 11 is 11.7. The van der Waals surface area contributed by atoms with Crippen LogP contribution in [-0.4, -0.2) is 30.5 Å². The molecule has 0 saturated carbocycles. The van der Waals surface area contributed by atoms with E-state index in [1.807, 2.05) is 0 Å². The Morgan fingerprint density at radius 1 is 1.62 bits per heavy atom. The van der Waals surface area contributed by atoms with Gasteiger partial charge in [-0.15, -0.1) is 11.3 Å². The van der Waals surface area contributed by atoms with Gasteiger partial charge in [0.1, 0.15) is 5.75 Å². The second-order valence-electron chi connectivity index (χ2n) is 3.18. The van der Waals surface area contributed by atoms with Crippen LogP contribution in [0.1, 0.15) is 4.88 Å². The molecule has 0 aliphatic rings. The van der Waals surface area contributed by atoms with Gasteiger partial charge in [-0.3, -0.25) is 0 Å². The summed E-state index contributed by atoms with van der Waals surface area (Å²) in [7, 11) is -1.93. The third-order valence-corrected chi connectivity index (χ3v) is 5.10. The predicted molar refractivity (Wildman–Crippen MR) is 71.4 cm³/mol. The number of halogens is 1. The number of nitrogens with zero attached hydrogens (tertiary/aromatic N) is 1. The third kappa shape index (κ3) is 3.99.